The van der Waals surface area contributed by atoms with E-state index in [1.54, 1.807) is 0 Å². The Hall–Kier alpha value is 0. The van der Waals surface area contributed by atoms with Gasteiger partial charge in [0.25, 0.3) is 0 Å². The average molecular weight is 200 g/mol. The summed E-state index contributed by atoms with van der Waals surface area (Å²) in [5, 5.41) is 10.6. The Morgan fingerprint density at radius 2 is 2.00 bits per heavy atom. The van der Waals surface area contributed by atoms with Crippen LogP contribution in [0.5, 0.6) is 0 Å². The van der Waals surface area contributed by atoms with Gasteiger partial charge in [-0.05, 0) is 24.1 Å². The summed E-state index contributed by atoms with van der Waals surface area (Å²) >= 11 is 3.08. The first-order valence-electron chi connectivity index (χ1n) is 3.45. The second-order valence-corrected chi connectivity index (χ2v) is 4.07. The van der Waals surface area contributed by atoms with Crippen LogP contribution in [0.15, 0.2) is 0 Å². The van der Waals surface area contributed by atoms with Crippen LogP contribution in [-0.4, -0.2) is 6.61 Å². The molecule has 0 heterocycles. The lowest BCUT2D eigenvalue weighted by Crippen LogP contribution is -2.62. The van der Waals surface area contributed by atoms with Crippen molar-refractivity contribution >= 4 is 15.9 Å². The van der Waals surface area contributed by atoms with Crippen LogP contribution in [0.2, 0.25) is 0 Å². The zero-order chi connectivity index (χ0) is 7.24. The summed E-state index contributed by atoms with van der Waals surface area (Å²) in [6.45, 7) is 0.110. The molecular weight excluding hydrogens is 192 g/mol. The van der Waals surface area contributed by atoms with Gasteiger partial charge in [-0.15, -0.1) is 0 Å². The lowest BCUT2D eigenvalue weighted by Gasteiger charge is -2.67. The molecule has 3 fully saturated rings. The molecule has 0 aromatic rings. The molecule has 3 rings (SSSR count). The zero-order valence-corrected chi connectivity index (χ0v) is 7.20. The Balaban J connectivity index is 2.02. The summed E-state index contributed by atoms with van der Waals surface area (Å²) in [5.41, 5.74) is 0.463. The summed E-state index contributed by atoms with van der Waals surface area (Å²) < 4.78 is 0. The van der Waals surface area contributed by atoms with Gasteiger partial charge in [-0.3, -0.25) is 0 Å². The van der Waals surface area contributed by atoms with E-state index in [2.05, 4.69) is 26.7 Å². The molecule has 0 saturated heterocycles. The molecule has 3 aliphatic rings. The van der Waals surface area contributed by atoms with Crippen LogP contribution < -0.4 is 0 Å². The first-order valence-corrected chi connectivity index (χ1v) is 4.25. The van der Waals surface area contributed by atoms with Crippen molar-refractivity contribution in [1.29, 1.82) is 0 Å². The normalized spacial score (nSPS) is 48.2. The largest absolute Gasteiger partial charge is 0.236 e. The highest BCUT2D eigenvalue weighted by Gasteiger charge is 2.67. The van der Waals surface area contributed by atoms with E-state index in [1.807, 2.05) is 0 Å². The molecule has 0 aliphatic heterocycles. The van der Waals surface area contributed by atoms with Crippen molar-refractivity contribution in [3.8, 4) is 10.8 Å². The third kappa shape index (κ3) is 0.627. The Labute approximate surface area is 68.9 Å². The first kappa shape index (κ1) is 6.69. The number of rotatable bonds is 1. The van der Waals surface area contributed by atoms with E-state index in [1.165, 1.54) is 0 Å². The average Bonchev–Trinajstić information content (AvgIpc) is 1.74. The van der Waals surface area contributed by atoms with Gasteiger partial charge in [0.2, 0.25) is 0 Å². The zero-order valence-electron chi connectivity index (χ0n) is 5.61. The van der Waals surface area contributed by atoms with Gasteiger partial charge in [-0.1, -0.05) is 5.92 Å². The minimum absolute atomic E-state index is 0.110. The minimum atomic E-state index is 0.110. The van der Waals surface area contributed by atoms with Gasteiger partial charge in [0.15, 0.2) is 0 Å². The molecule has 0 amide bonds. The topological polar surface area (TPSA) is 19.9 Å². The molecular formula is C8H8BrO. The van der Waals surface area contributed by atoms with Gasteiger partial charge in [-0.2, -0.15) is 0 Å². The number of halogens is 1. The molecule has 1 radical (unpaired) electrons. The maximum atomic E-state index is 10.6. The maximum Gasteiger partial charge on any atom is 0.0880 e. The third-order valence-electron chi connectivity index (χ3n) is 2.76. The lowest BCUT2D eigenvalue weighted by atomic mass is 9.36. The van der Waals surface area contributed by atoms with E-state index in [0.29, 0.717) is 0 Å². The summed E-state index contributed by atoms with van der Waals surface area (Å²) in [5.74, 6) is 3.11. The molecule has 0 N–H and O–H groups in total. The first-order chi connectivity index (χ1) is 4.74. The number of hydrogen-bond donors (Lipinski definition) is 0. The van der Waals surface area contributed by atoms with E-state index in [4.69, 9.17) is 0 Å². The molecule has 3 saturated carbocycles. The standard InChI is InChI=1S/C8H8BrO/c9-2-1-7-3-8(4-7,5-7)6-10/h3-6H2. The fourth-order valence-corrected chi connectivity index (χ4v) is 2.80. The van der Waals surface area contributed by atoms with Crippen LogP contribution in [0.3, 0.4) is 0 Å². The molecule has 0 spiro atoms. The summed E-state index contributed by atoms with van der Waals surface area (Å²) in [6.07, 6.45) is 3.17. The van der Waals surface area contributed by atoms with Crippen LogP contribution in [0, 0.1) is 21.6 Å². The van der Waals surface area contributed by atoms with E-state index in [0.717, 1.165) is 19.3 Å². The molecule has 0 aromatic carbocycles. The number of hydrogen-bond acceptors (Lipinski definition) is 0. The minimum Gasteiger partial charge on any atom is -0.236 e. The van der Waals surface area contributed by atoms with Crippen molar-refractivity contribution in [2.75, 3.05) is 6.61 Å². The SMILES string of the molecule is [O]CC12CC(C#CBr)(C1)C2. The van der Waals surface area contributed by atoms with Gasteiger partial charge in [0.05, 0.1) is 6.61 Å². The third-order valence-corrected chi connectivity index (χ3v) is 2.96. The summed E-state index contributed by atoms with van der Waals surface area (Å²) in [7, 11) is 0. The molecule has 3 aliphatic carbocycles. The molecule has 10 heavy (non-hydrogen) atoms. The van der Waals surface area contributed by atoms with Crippen LogP contribution in [0.1, 0.15) is 19.3 Å². The molecule has 0 aromatic heterocycles. The Morgan fingerprint density at radius 1 is 1.40 bits per heavy atom. The van der Waals surface area contributed by atoms with Crippen LogP contribution >= 0.6 is 15.9 Å². The molecule has 0 unspecified atom stereocenters. The molecule has 1 nitrogen and oxygen atoms in total. The maximum absolute atomic E-state index is 10.6. The lowest BCUT2D eigenvalue weighted by molar-refractivity contribution is -0.196. The predicted molar refractivity (Wildman–Crippen MR) is 41.0 cm³/mol. The Kier molecular flexibility index (Phi) is 1.19. The molecule has 2 heteroatoms. The van der Waals surface area contributed by atoms with Gasteiger partial charge in [-0.25, -0.2) is 5.11 Å². The van der Waals surface area contributed by atoms with Crippen LogP contribution in [0.25, 0.3) is 0 Å². The van der Waals surface area contributed by atoms with Crippen molar-refractivity contribution < 1.29 is 5.11 Å². The van der Waals surface area contributed by atoms with Crippen molar-refractivity contribution in [1.82, 2.24) is 0 Å². The van der Waals surface area contributed by atoms with Crippen molar-refractivity contribution in [3.63, 3.8) is 0 Å². The van der Waals surface area contributed by atoms with E-state index in [-0.39, 0.29) is 17.4 Å². The van der Waals surface area contributed by atoms with Crippen LogP contribution in [0.4, 0.5) is 0 Å². The molecule has 53 valence electrons. The van der Waals surface area contributed by atoms with Crippen molar-refractivity contribution in [2.24, 2.45) is 10.8 Å². The highest BCUT2D eigenvalue weighted by atomic mass is 79.9. The monoisotopic (exact) mass is 199 g/mol. The van der Waals surface area contributed by atoms with Gasteiger partial charge in [0, 0.05) is 26.8 Å². The van der Waals surface area contributed by atoms with Gasteiger partial charge >= 0.3 is 0 Å². The predicted octanol–water partition coefficient (Wildman–Crippen LogP) is 1.94. The second-order valence-electron chi connectivity index (χ2n) is 3.67. The Morgan fingerprint density at radius 3 is 2.40 bits per heavy atom. The van der Waals surface area contributed by atoms with Gasteiger partial charge in [0.1, 0.15) is 0 Å². The highest BCUT2D eigenvalue weighted by molar-refractivity contribution is 9.12. The van der Waals surface area contributed by atoms with E-state index < -0.39 is 0 Å². The van der Waals surface area contributed by atoms with Crippen molar-refractivity contribution in [3.05, 3.63) is 0 Å². The second kappa shape index (κ2) is 1.78. The highest BCUT2D eigenvalue weighted by Crippen LogP contribution is 2.72. The quantitative estimate of drug-likeness (QED) is 0.576. The van der Waals surface area contributed by atoms with E-state index >= 15 is 0 Å². The fourth-order valence-electron chi connectivity index (χ4n) is 2.38. The molecule has 2 bridgehead atoms. The molecule has 0 atom stereocenters. The summed E-state index contributed by atoms with van der Waals surface area (Å²) in [4.78, 5) is 2.75. The Bertz CT molecular complexity index is 203. The van der Waals surface area contributed by atoms with Crippen molar-refractivity contribution in [2.45, 2.75) is 19.3 Å². The van der Waals surface area contributed by atoms with Gasteiger partial charge < -0.3 is 0 Å². The van der Waals surface area contributed by atoms with Crippen LogP contribution in [-0.2, 0) is 5.11 Å². The summed E-state index contributed by atoms with van der Waals surface area (Å²) in [6, 6.07) is 0. The smallest absolute Gasteiger partial charge is 0.0880 e. The van der Waals surface area contributed by atoms with E-state index in [9.17, 15) is 5.11 Å². The fraction of sp³-hybridized carbons (Fsp3) is 0.750.